The predicted molar refractivity (Wildman–Crippen MR) is 119 cm³/mol. The number of carbonyl (C=O) groups excluding carboxylic acids is 4. The van der Waals surface area contributed by atoms with Crippen LogP contribution in [0, 0.1) is 17.3 Å². The van der Waals surface area contributed by atoms with Crippen LogP contribution in [0.3, 0.4) is 0 Å². The number of hydrogen-bond acceptors (Lipinski definition) is 10. The largest absolute Gasteiger partial charge is 0.457 e. The smallest absolute Gasteiger partial charge is 0.332 e. The van der Waals surface area contributed by atoms with Crippen LogP contribution >= 0.6 is 11.6 Å². The second-order valence-corrected chi connectivity index (χ2v) is 10.6. The Labute approximate surface area is 207 Å². The molecule has 0 amide bonds. The molecule has 192 valence electrons. The lowest BCUT2D eigenvalue weighted by Crippen LogP contribution is -2.77. The van der Waals surface area contributed by atoms with Crippen molar-refractivity contribution in [1.82, 2.24) is 0 Å². The lowest BCUT2D eigenvalue weighted by molar-refractivity contribution is -0.319. The monoisotopic (exact) mass is 512 g/mol. The summed E-state index contributed by atoms with van der Waals surface area (Å²) in [5.41, 5.74) is -4.52. The van der Waals surface area contributed by atoms with Gasteiger partial charge in [-0.05, 0) is 26.3 Å². The van der Waals surface area contributed by atoms with Gasteiger partial charge < -0.3 is 29.2 Å². The van der Waals surface area contributed by atoms with Crippen molar-refractivity contribution in [3.63, 3.8) is 0 Å². The van der Waals surface area contributed by atoms with Crippen molar-refractivity contribution in [3.8, 4) is 0 Å². The van der Waals surface area contributed by atoms with Crippen LogP contribution in [-0.4, -0.2) is 81.5 Å². The minimum absolute atomic E-state index is 0.00676. The van der Waals surface area contributed by atoms with Crippen LogP contribution in [0.15, 0.2) is 24.3 Å². The van der Waals surface area contributed by atoms with E-state index in [1.165, 1.54) is 26.0 Å². The number of aliphatic hydroxyl groups is 2. The Morgan fingerprint density at radius 3 is 2.54 bits per heavy atom. The van der Waals surface area contributed by atoms with E-state index in [1.54, 1.807) is 6.92 Å². The number of alkyl halides is 1. The summed E-state index contributed by atoms with van der Waals surface area (Å²) in [4.78, 5) is 50.9. The van der Waals surface area contributed by atoms with Gasteiger partial charge in [-0.1, -0.05) is 25.2 Å². The van der Waals surface area contributed by atoms with E-state index in [2.05, 4.69) is 6.58 Å². The van der Waals surface area contributed by atoms with E-state index in [1.807, 2.05) is 0 Å². The van der Waals surface area contributed by atoms with Crippen molar-refractivity contribution in [2.24, 2.45) is 17.3 Å². The third-order valence-electron chi connectivity index (χ3n) is 7.98. The quantitative estimate of drug-likeness (QED) is 0.238. The number of hydrogen-bond donors (Lipinski definition) is 2. The highest BCUT2D eigenvalue weighted by molar-refractivity contribution is 6.23. The molecule has 0 radical (unpaired) electrons. The van der Waals surface area contributed by atoms with Gasteiger partial charge >= 0.3 is 17.9 Å². The summed E-state index contributed by atoms with van der Waals surface area (Å²) in [5, 5.41) is 19.8. The molecule has 0 unspecified atom stereocenters. The molecule has 0 aromatic carbocycles. The molecule has 10 atom stereocenters. The number of fused-ring (bicyclic) bond motifs is 3. The first-order valence-electron chi connectivity index (χ1n) is 11.4. The Kier molecular flexibility index (Phi) is 6.19. The summed E-state index contributed by atoms with van der Waals surface area (Å²) in [7, 11) is 0. The van der Waals surface area contributed by atoms with Gasteiger partial charge in [0.1, 0.15) is 12.7 Å². The molecule has 1 spiro atoms. The number of esters is 3. The maximum atomic E-state index is 13.3. The van der Waals surface area contributed by atoms with Crippen LogP contribution < -0.4 is 0 Å². The predicted octanol–water partition coefficient (Wildman–Crippen LogP) is 0.601. The Morgan fingerprint density at radius 2 is 1.94 bits per heavy atom. The highest BCUT2D eigenvalue weighted by Gasteiger charge is 2.77. The number of ketones is 1. The first-order chi connectivity index (χ1) is 16.2. The van der Waals surface area contributed by atoms with E-state index < -0.39 is 88.5 Å². The van der Waals surface area contributed by atoms with E-state index in [-0.39, 0.29) is 6.42 Å². The molecule has 0 aromatic rings. The normalized spacial score (nSPS) is 46.6. The Bertz CT molecular complexity index is 1020. The number of carbonyl (C=O) groups is 4. The Morgan fingerprint density at radius 1 is 1.29 bits per heavy atom. The Hall–Kier alpha value is -2.27. The average Bonchev–Trinajstić information content (AvgIpc) is 3.02. The summed E-state index contributed by atoms with van der Waals surface area (Å²) in [6.07, 6.45) is -2.13. The van der Waals surface area contributed by atoms with Gasteiger partial charge in [0.2, 0.25) is 0 Å². The zero-order chi connectivity index (χ0) is 26.1. The highest BCUT2D eigenvalue weighted by Crippen LogP contribution is 2.61. The topological polar surface area (TPSA) is 146 Å². The van der Waals surface area contributed by atoms with Crippen molar-refractivity contribution in [2.45, 2.75) is 75.1 Å². The van der Waals surface area contributed by atoms with Gasteiger partial charge in [0.25, 0.3) is 0 Å². The van der Waals surface area contributed by atoms with Gasteiger partial charge in [-0.25, -0.2) is 4.79 Å². The van der Waals surface area contributed by atoms with Gasteiger partial charge in [-0.15, -0.1) is 11.6 Å². The highest BCUT2D eigenvalue weighted by atomic mass is 35.5. The summed E-state index contributed by atoms with van der Waals surface area (Å²) in [5.74, 6) is -5.30. The van der Waals surface area contributed by atoms with Crippen LogP contribution in [0.2, 0.25) is 0 Å². The van der Waals surface area contributed by atoms with Gasteiger partial charge in [0.15, 0.2) is 23.1 Å². The van der Waals surface area contributed by atoms with Gasteiger partial charge in [0.05, 0.1) is 29.4 Å². The Balaban J connectivity index is 2.06. The van der Waals surface area contributed by atoms with Crippen molar-refractivity contribution < 1.29 is 48.3 Å². The second-order valence-electron chi connectivity index (χ2n) is 10.1. The standard InChI is InChI=1S/C24H29ClO10/c1-10-8-13(28)18-22(4)7-6-14(29)23(5,34-12(3)27)17(22)20(32-15(30)9-26)24(35-18)11(2)21(31)33-19(24)16(10)25/h6-7,11,13,16-20,26,28H,1,8-9H2,2-5H3/t11-,13+,16-,17+,18+,19-,20-,22-,23+,24+/m0/s1. The van der Waals surface area contributed by atoms with E-state index >= 15 is 0 Å². The van der Waals surface area contributed by atoms with Crippen molar-refractivity contribution in [1.29, 1.82) is 0 Å². The van der Waals surface area contributed by atoms with E-state index in [9.17, 15) is 29.4 Å². The molecule has 0 saturated carbocycles. The molecule has 3 aliphatic heterocycles. The van der Waals surface area contributed by atoms with Crippen LogP contribution in [0.5, 0.6) is 0 Å². The van der Waals surface area contributed by atoms with E-state index in [4.69, 9.17) is 30.5 Å². The third kappa shape index (κ3) is 3.48. The first-order valence-corrected chi connectivity index (χ1v) is 11.8. The van der Waals surface area contributed by atoms with Crippen molar-refractivity contribution in [3.05, 3.63) is 24.3 Å². The zero-order valence-corrected chi connectivity index (χ0v) is 20.6. The molecule has 1 aliphatic carbocycles. The summed E-state index contributed by atoms with van der Waals surface area (Å²) >= 11 is 6.69. The van der Waals surface area contributed by atoms with Crippen molar-refractivity contribution >= 4 is 35.3 Å². The first kappa shape index (κ1) is 25.8. The molecular formula is C24H29ClO10. The minimum atomic E-state index is -1.88. The zero-order valence-electron chi connectivity index (χ0n) is 19.9. The molecule has 35 heavy (non-hydrogen) atoms. The molecule has 10 nitrogen and oxygen atoms in total. The molecule has 0 aromatic heterocycles. The van der Waals surface area contributed by atoms with Crippen LogP contribution in [0.25, 0.3) is 0 Å². The maximum Gasteiger partial charge on any atom is 0.332 e. The molecule has 2 N–H and O–H groups in total. The molecule has 11 heteroatoms. The van der Waals surface area contributed by atoms with Gasteiger partial charge in [0, 0.05) is 12.3 Å². The fourth-order valence-electron chi connectivity index (χ4n) is 6.39. The SMILES string of the molecule is C=C1C[C@@H](O)[C@H]2O[C@@]3([C@@H](C)C(=O)O[C@H]3[C@H]1Cl)[C@@H](OC(=O)CO)[C@@H]1[C@]2(C)C=CC(=O)[C@@]1(C)OC(C)=O. The van der Waals surface area contributed by atoms with E-state index in [0.29, 0.717) is 5.57 Å². The molecule has 3 fully saturated rings. The summed E-state index contributed by atoms with van der Waals surface area (Å²) in [6, 6.07) is 0. The molecular weight excluding hydrogens is 484 g/mol. The fourth-order valence-corrected chi connectivity index (χ4v) is 6.73. The van der Waals surface area contributed by atoms with E-state index in [0.717, 1.165) is 6.92 Å². The van der Waals surface area contributed by atoms with Crippen LogP contribution in [0.1, 0.15) is 34.1 Å². The molecule has 3 heterocycles. The average molecular weight is 513 g/mol. The van der Waals surface area contributed by atoms with Crippen molar-refractivity contribution in [2.75, 3.05) is 6.61 Å². The maximum absolute atomic E-state index is 13.3. The third-order valence-corrected chi connectivity index (χ3v) is 8.51. The molecule has 3 saturated heterocycles. The van der Waals surface area contributed by atoms with Gasteiger partial charge in [-0.3, -0.25) is 14.4 Å². The molecule has 4 rings (SSSR count). The lowest BCUT2D eigenvalue weighted by Gasteiger charge is -2.63. The number of aliphatic hydroxyl groups excluding tert-OH is 2. The number of ether oxygens (including phenoxy) is 4. The van der Waals surface area contributed by atoms with Crippen LogP contribution in [0.4, 0.5) is 0 Å². The second kappa shape index (κ2) is 8.40. The molecule has 2 bridgehead atoms. The minimum Gasteiger partial charge on any atom is -0.457 e. The summed E-state index contributed by atoms with van der Waals surface area (Å²) in [6.45, 7) is 8.69. The van der Waals surface area contributed by atoms with Gasteiger partial charge in [-0.2, -0.15) is 0 Å². The number of halogens is 1. The summed E-state index contributed by atoms with van der Waals surface area (Å²) < 4.78 is 23.5. The van der Waals surface area contributed by atoms with Crippen LogP contribution in [-0.2, 0) is 38.1 Å². The lowest BCUT2D eigenvalue weighted by atomic mass is 9.52. The fraction of sp³-hybridized carbons (Fsp3) is 0.667. The molecule has 4 aliphatic rings. The number of rotatable bonds is 3.